The smallest absolute Gasteiger partial charge is 0.259 e. The van der Waals surface area contributed by atoms with Crippen molar-refractivity contribution in [3.05, 3.63) is 70.4 Å². The summed E-state index contributed by atoms with van der Waals surface area (Å²) in [5, 5.41) is 3.43. The van der Waals surface area contributed by atoms with Crippen LogP contribution in [0.2, 0.25) is 0 Å². The van der Waals surface area contributed by atoms with Crippen LogP contribution in [-0.4, -0.2) is 16.2 Å². The number of benzene rings is 1. The summed E-state index contributed by atoms with van der Waals surface area (Å²) < 4.78 is 28.9. The molecule has 0 saturated heterocycles. The lowest BCUT2D eigenvalue weighted by molar-refractivity contribution is 0.102. The van der Waals surface area contributed by atoms with Gasteiger partial charge < -0.3 is 9.88 Å². The Hall–Kier alpha value is -2.12. The Morgan fingerprint density at radius 2 is 2.00 bits per heavy atom. The van der Waals surface area contributed by atoms with Crippen LogP contribution in [0.5, 0.6) is 0 Å². The number of hydrogen-bond acceptors (Lipinski definition) is 3. The average molecular weight is 376 g/mol. The van der Waals surface area contributed by atoms with Gasteiger partial charge in [-0.25, -0.2) is 8.78 Å². The van der Waals surface area contributed by atoms with Crippen LogP contribution in [0.25, 0.3) is 5.00 Å². The minimum Gasteiger partial charge on any atom is -0.319 e. The molecule has 0 unspecified atom stereocenters. The molecule has 2 aromatic heterocycles. The van der Waals surface area contributed by atoms with Crippen molar-refractivity contribution >= 4 is 34.7 Å². The lowest BCUT2D eigenvalue weighted by atomic mass is 10.1. The van der Waals surface area contributed by atoms with E-state index in [2.05, 4.69) is 5.32 Å². The number of hydrogen-bond donors (Lipinski definition) is 1. The standard InChI is InChI=1S/C18H14F2N2OS2/c19-11-3-4-14(13(20)9-11)21-17(23)16-12-5-8-24-10-15(12)25-18(16)22-6-1-2-7-22/h1-4,6-7,9H,5,8,10H2,(H,21,23). The van der Waals surface area contributed by atoms with Gasteiger partial charge in [0.25, 0.3) is 5.91 Å². The second-order valence-electron chi connectivity index (χ2n) is 5.66. The summed E-state index contributed by atoms with van der Waals surface area (Å²) >= 11 is 3.44. The van der Waals surface area contributed by atoms with Gasteiger partial charge in [0.05, 0.1) is 11.3 Å². The molecule has 1 N–H and O–H groups in total. The monoisotopic (exact) mass is 376 g/mol. The van der Waals surface area contributed by atoms with Crippen LogP contribution in [0.15, 0.2) is 42.7 Å². The zero-order chi connectivity index (χ0) is 17.4. The molecule has 0 atom stereocenters. The highest BCUT2D eigenvalue weighted by Crippen LogP contribution is 2.38. The molecule has 25 heavy (non-hydrogen) atoms. The van der Waals surface area contributed by atoms with Gasteiger partial charge in [-0.05, 0) is 42.0 Å². The number of carbonyl (C=O) groups is 1. The highest BCUT2D eigenvalue weighted by molar-refractivity contribution is 7.98. The number of halogens is 2. The number of nitrogens with one attached hydrogen (secondary N) is 1. The number of rotatable bonds is 3. The molecule has 1 aromatic carbocycles. The van der Waals surface area contributed by atoms with Gasteiger partial charge in [-0.3, -0.25) is 4.79 Å². The fourth-order valence-corrected chi connectivity index (χ4v) is 5.32. The molecule has 1 aliphatic rings. The molecule has 0 radical (unpaired) electrons. The van der Waals surface area contributed by atoms with E-state index in [0.717, 1.165) is 40.6 Å². The van der Waals surface area contributed by atoms with Gasteiger partial charge in [0.15, 0.2) is 0 Å². The fraction of sp³-hybridized carbons (Fsp3) is 0.167. The summed E-state index contributed by atoms with van der Waals surface area (Å²) in [5.74, 6) is 0.0227. The highest BCUT2D eigenvalue weighted by Gasteiger charge is 2.26. The molecule has 4 rings (SSSR count). The molecule has 0 saturated carbocycles. The maximum Gasteiger partial charge on any atom is 0.259 e. The first-order valence-electron chi connectivity index (χ1n) is 7.75. The summed E-state index contributed by atoms with van der Waals surface area (Å²) in [6, 6.07) is 6.93. The first kappa shape index (κ1) is 16.4. The number of aromatic nitrogens is 1. The SMILES string of the molecule is O=C(Nc1ccc(F)cc1F)c1c(-n2cccc2)sc2c1CCSC2. The molecule has 3 heterocycles. The van der Waals surface area contributed by atoms with Crippen LogP contribution in [0, 0.1) is 11.6 Å². The van der Waals surface area contributed by atoms with E-state index in [1.165, 1.54) is 10.9 Å². The molecule has 128 valence electrons. The third-order valence-electron chi connectivity index (χ3n) is 4.05. The summed E-state index contributed by atoms with van der Waals surface area (Å²) in [6.45, 7) is 0. The number of nitrogens with zero attached hydrogens (tertiary/aromatic N) is 1. The number of carbonyl (C=O) groups excluding carboxylic acids is 1. The van der Waals surface area contributed by atoms with Gasteiger partial charge in [-0.1, -0.05) is 0 Å². The molecule has 3 nitrogen and oxygen atoms in total. The van der Waals surface area contributed by atoms with E-state index in [-0.39, 0.29) is 11.6 Å². The Labute approximate surface area is 151 Å². The molecule has 3 aromatic rings. The van der Waals surface area contributed by atoms with Gasteiger partial charge in [-0.2, -0.15) is 11.8 Å². The first-order valence-corrected chi connectivity index (χ1v) is 9.72. The number of fused-ring (bicyclic) bond motifs is 1. The molecular weight excluding hydrogens is 362 g/mol. The van der Waals surface area contributed by atoms with Crippen molar-refractivity contribution in [3.63, 3.8) is 0 Å². The predicted molar refractivity (Wildman–Crippen MR) is 97.8 cm³/mol. The van der Waals surface area contributed by atoms with E-state index in [4.69, 9.17) is 0 Å². The Kier molecular flexibility index (Phi) is 4.35. The van der Waals surface area contributed by atoms with Gasteiger partial charge in [-0.15, -0.1) is 11.3 Å². The van der Waals surface area contributed by atoms with Crippen LogP contribution in [0.4, 0.5) is 14.5 Å². The summed E-state index contributed by atoms with van der Waals surface area (Å²) in [6.07, 6.45) is 4.59. The summed E-state index contributed by atoms with van der Waals surface area (Å²) in [5.41, 5.74) is 1.60. The first-order chi connectivity index (χ1) is 12.1. The summed E-state index contributed by atoms with van der Waals surface area (Å²) in [7, 11) is 0. The molecule has 1 aliphatic heterocycles. The Morgan fingerprint density at radius 3 is 2.76 bits per heavy atom. The summed E-state index contributed by atoms with van der Waals surface area (Å²) in [4.78, 5) is 14.1. The number of anilines is 1. The third-order valence-corrected chi connectivity index (χ3v) is 6.46. The quantitative estimate of drug-likeness (QED) is 0.708. The molecule has 0 spiro atoms. The van der Waals surface area contributed by atoms with E-state index in [0.29, 0.717) is 5.56 Å². The molecule has 0 fully saturated rings. The van der Waals surface area contributed by atoms with Crippen LogP contribution < -0.4 is 5.32 Å². The topological polar surface area (TPSA) is 34.0 Å². The van der Waals surface area contributed by atoms with E-state index in [9.17, 15) is 13.6 Å². The van der Waals surface area contributed by atoms with Crippen molar-refractivity contribution in [2.24, 2.45) is 0 Å². The van der Waals surface area contributed by atoms with E-state index >= 15 is 0 Å². The zero-order valence-electron chi connectivity index (χ0n) is 13.1. The largest absolute Gasteiger partial charge is 0.319 e. The lowest BCUT2D eigenvalue weighted by Crippen LogP contribution is -2.17. The minimum atomic E-state index is -0.782. The third kappa shape index (κ3) is 3.09. The molecule has 7 heteroatoms. The maximum absolute atomic E-state index is 13.9. The van der Waals surface area contributed by atoms with Crippen molar-refractivity contribution < 1.29 is 13.6 Å². The zero-order valence-corrected chi connectivity index (χ0v) is 14.7. The maximum atomic E-state index is 13.9. The van der Waals surface area contributed by atoms with Crippen molar-refractivity contribution in [3.8, 4) is 5.00 Å². The Morgan fingerprint density at radius 1 is 1.20 bits per heavy atom. The Balaban J connectivity index is 1.75. The lowest BCUT2D eigenvalue weighted by Gasteiger charge is -2.13. The van der Waals surface area contributed by atoms with Crippen molar-refractivity contribution in [1.29, 1.82) is 0 Å². The van der Waals surface area contributed by atoms with Gasteiger partial charge in [0.2, 0.25) is 0 Å². The fourth-order valence-electron chi connectivity index (χ4n) is 2.88. The van der Waals surface area contributed by atoms with Crippen molar-refractivity contribution in [2.75, 3.05) is 11.1 Å². The van der Waals surface area contributed by atoms with Crippen LogP contribution in [-0.2, 0) is 12.2 Å². The van der Waals surface area contributed by atoms with Gasteiger partial charge in [0.1, 0.15) is 16.6 Å². The molecule has 1 amide bonds. The second-order valence-corrected chi connectivity index (χ2v) is 7.84. The number of thioether (sulfide) groups is 1. The number of amides is 1. The molecular formula is C18H14F2N2OS2. The molecule has 0 bridgehead atoms. The van der Waals surface area contributed by atoms with E-state index in [1.807, 2.05) is 40.9 Å². The van der Waals surface area contributed by atoms with E-state index < -0.39 is 11.6 Å². The van der Waals surface area contributed by atoms with Gasteiger partial charge in [0, 0.05) is 29.1 Å². The number of thiophene rings is 1. The van der Waals surface area contributed by atoms with Gasteiger partial charge >= 0.3 is 0 Å². The Bertz CT molecular complexity index is 935. The van der Waals surface area contributed by atoms with E-state index in [1.54, 1.807) is 11.3 Å². The molecule has 0 aliphatic carbocycles. The van der Waals surface area contributed by atoms with Crippen LogP contribution in [0.3, 0.4) is 0 Å². The minimum absolute atomic E-state index is 0.0185. The predicted octanol–water partition coefficient (Wildman–Crippen LogP) is 4.86. The van der Waals surface area contributed by atoms with Crippen LogP contribution in [0.1, 0.15) is 20.8 Å². The second kappa shape index (κ2) is 6.65. The average Bonchev–Trinajstić information content (AvgIpc) is 3.24. The normalized spacial score (nSPS) is 13.5. The highest BCUT2D eigenvalue weighted by atomic mass is 32.2. The van der Waals surface area contributed by atoms with Crippen molar-refractivity contribution in [1.82, 2.24) is 4.57 Å². The van der Waals surface area contributed by atoms with Crippen molar-refractivity contribution in [2.45, 2.75) is 12.2 Å². The van der Waals surface area contributed by atoms with Crippen LogP contribution >= 0.6 is 23.1 Å².